The molecule has 126 valence electrons. The van der Waals surface area contributed by atoms with Gasteiger partial charge in [0.2, 0.25) is 5.91 Å². The van der Waals surface area contributed by atoms with Gasteiger partial charge < -0.3 is 5.32 Å². The zero-order valence-corrected chi connectivity index (χ0v) is 15.0. The number of nitrogens with one attached hydrogen (secondary N) is 1. The van der Waals surface area contributed by atoms with Gasteiger partial charge in [0.05, 0.1) is 10.6 Å². The lowest BCUT2D eigenvalue weighted by molar-refractivity contribution is -0.117. The van der Waals surface area contributed by atoms with Crippen molar-refractivity contribution in [3.8, 4) is 15.6 Å². The molecule has 1 N–H and O–H groups in total. The van der Waals surface area contributed by atoms with Crippen LogP contribution in [0.15, 0.2) is 45.2 Å². The number of hydrogen-bond acceptors (Lipinski definition) is 8. The average molecular weight is 390 g/mol. The van der Waals surface area contributed by atoms with Crippen molar-refractivity contribution in [2.75, 3.05) is 5.32 Å². The standard InChI is InChI=1S/C14H10N6O2S3/c21-11(16-13-15-9(8-25-13)10-3-1-5-23-10)7-19-14(22)20(18-17-19)12-4-2-6-24-12/h1-6,8H,7H2,(H,15,16,21). The minimum absolute atomic E-state index is 0.224. The van der Waals surface area contributed by atoms with Crippen LogP contribution in [0.4, 0.5) is 5.13 Å². The largest absolute Gasteiger partial charge is 0.369 e. The molecular formula is C14H10N6O2S3. The topological polar surface area (TPSA) is 94.7 Å². The molecule has 0 atom stereocenters. The Bertz CT molecular complexity index is 1040. The zero-order chi connectivity index (χ0) is 17.2. The molecule has 0 aliphatic heterocycles. The number of tetrazole rings is 1. The van der Waals surface area contributed by atoms with Gasteiger partial charge in [-0.05, 0) is 39.4 Å². The van der Waals surface area contributed by atoms with E-state index >= 15 is 0 Å². The summed E-state index contributed by atoms with van der Waals surface area (Å²) in [6.45, 7) is -0.224. The van der Waals surface area contributed by atoms with Gasteiger partial charge in [-0.15, -0.1) is 34.0 Å². The lowest BCUT2D eigenvalue weighted by atomic mass is 10.4. The van der Waals surface area contributed by atoms with Crippen LogP contribution < -0.4 is 11.0 Å². The lowest BCUT2D eigenvalue weighted by Crippen LogP contribution is -2.29. The second kappa shape index (κ2) is 6.70. The fourth-order valence-electron chi connectivity index (χ4n) is 2.07. The Morgan fingerprint density at radius 3 is 2.72 bits per heavy atom. The van der Waals surface area contributed by atoms with Crippen molar-refractivity contribution in [3.05, 3.63) is 50.9 Å². The van der Waals surface area contributed by atoms with Gasteiger partial charge in [0, 0.05) is 5.38 Å². The van der Waals surface area contributed by atoms with Gasteiger partial charge in [0.1, 0.15) is 11.5 Å². The maximum Gasteiger partial charge on any atom is 0.369 e. The number of thiazole rings is 1. The molecule has 4 aromatic heterocycles. The summed E-state index contributed by atoms with van der Waals surface area (Å²) in [5.74, 6) is -0.382. The third-order valence-electron chi connectivity index (χ3n) is 3.17. The monoisotopic (exact) mass is 390 g/mol. The first kappa shape index (κ1) is 15.9. The maximum absolute atomic E-state index is 12.2. The molecule has 25 heavy (non-hydrogen) atoms. The molecule has 0 aromatic carbocycles. The summed E-state index contributed by atoms with van der Waals surface area (Å²) < 4.78 is 2.18. The second-order valence-corrected chi connectivity index (χ2v) is 7.58. The molecule has 0 radical (unpaired) electrons. The molecule has 11 heteroatoms. The number of carbonyl (C=O) groups excluding carboxylic acids is 1. The van der Waals surface area contributed by atoms with Gasteiger partial charge >= 0.3 is 5.69 Å². The molecule has 4 aromatic rings. The van der Waals surface area contributed by atoms with E-state index in [0.717, 1.165) is 19.9 Å². The van der Waals surface area contributed by atoms with Crippen molar-refractivity contribution in [1.82, 2.24) is 24.8 Å². The highest BCUT2D eigenvalue weighted by molar-refractivity contribution is 7.16. The lowest BCUT2D eigenvalue weighted by Gasteiger charge is -1.99. The molecule has 0 fully saturated rings. The highest BCUT2D eigenvalue weighted by Crippen LogP contribution is 2.28. The normalized spacial score (nSPS) is 10.9. The van der Waals surface area contributed by atoms with Gasteiger partial charge in [0.15, 0.2) is 5.13 Å². The molecule has 0 bridgehead atoms. The molecule has 0 aliphatic rings. The van der Waals surface area contributed by atoms with E-state index < -0.39 is 5.69 Å². The first-order valence-corrected chi connectivity index (χ1v) is 9.70. The van der Waals surface area contributed by atoms with Crippen LogP contribution in [-0.2, 0) is 11.3 Å². The summed E-state index contributed by atoms with van der Waals surface area (Å²) >= 11 is 4.28. The fraction of sp³-hybridized carbons (Fsp3) is 0.0714. The molecule has 0 spiro atoms. The Kier molecular flexibility index (Phi) is 4.26. The number of aromatic nitrogens is 5. The van der Waals surface area contributed by atoms with E-state index in [4.69, 9.17) is 0 Å². The van der Waals surface area contributed by atoms with E-state index in [1.165, 1.54) is 22.7 Å². The average Bonchev–Trinajstić information content (AvgIpc) is 3.35. The third-order valence-corrected chi connectivity index (χ3v) is 5.67. The molecule has 4 rings (SSSR count). The zero-order valence-electron chi connectivity index (χ0n) is 12.5. The number of anilines is 1. The smallest absolute Gasteiger partial charge is 0.300 e. The predicted octanol–water partition coefficient (Wildman–Crippen LogP) is 2.31. The quantitative estimate of drug-likeness (QED) is 0.564. The van der Waals surface area contributed by atoms with Crippen LogP contribution in [0, 0.1) is 0 Å². The second-order valence-electron chi connectivity index (χ2n) is 4.85. The maximum atomic E-state index is 12.2. The highest BCUT2D eigenvalue weighted by Gasteiger charge is 2.14. The van der Waals surface area contributed by atoms with Crippen LogP contribution in [0.5, 0.6) is 0 Å². The Hall–Kier alpha value is -2.63. The van der Waals surface area contributed by atoms with Crippen molar-refractivity contribution >= 4 is 45.0 Å². The summed E-state index contributed by atoms with van der Waals surface area (Å²) in [4.78, 5) is 29.8. The molecule has 4 heterocycles. The molecule has 1 amide bonds. The van der Waals surface area contributed by atoms with Gasteiger partial charge in [-0.25, -0.2) is 9.78 Å². The van der Waals surface area contributed by atoms with Crippen LogP contribution in [0.25, 0.3) is 15.6 Å². The molecule has 0 aliphatic carbocycles. The van der Waals surface area contributed by atoms with E-state index in [-0.39, 0.29) is 12.5 Å². The Labute approximate surface area is 153 Å². The van der Waals surface area contributed by atoms with Crippen LogP contribution in [-0.4, -0.2) is 30.7 Å². The minimum Gasteiger partial charge on any atom is -0.300 e. The summed E-state index contributed by atoms with van der Waals surface area (Å²) in [6.07, 6.45) is 0. The van der Waals surface area contributed by atoms with Crippen molar-refractivity contribution in [2.45, 2.75) is 6.54 Å². The third kappa shape index (κ3) is 3.29. The van der Waals surface area contributed by atoms with Crippen molar-refractivity contribution in [1.29, 1.82) is 0 Å². The van der Waals surface area contributed by atoms with Gasteiger partial charge in [-0.1, -0.05) is 6.07 Å². The van der Waals surface area contributed by atoms with E-state index in [0.29, 0.717) is 10.1 Å². The van der Waals surface area contributed by atoms with Gasteiger partial charge in [0.25, 0.3) is 0 Å². The number of hydrogen-bond donors (Lipinski definition) is 1. The molecule has 0 saturated carbocycles. The molecular weight excluding hydrogens is 380 g/mol. The van der Waals surface area contributed by atoms with Crippen molar-refractivity contribution in [3.63, 3.8) is 0 Å². The summed E-state index contributed by atoms with van der Waals surface area (Å²) in [5, 5.41) is 17.0. The Morgan fingerprint density at radius 1 is 1.12 bits per heavy atom. The SMILES string of the molecule is O=C(Cn1nnn(-c2cccs2)c1=O)Nc1nc(-c2cccs2)cs1. The number of rotatable bonds is 5. The molecule has 0 saturated heterocycles. The first-order chi connectivity index (χ1) is 12.2. The van der Waals surface area contributed by atoms with E-state index in [1.54, 1.807) is 17.4 Å². The number of thiophene rings is 2. The molecule has 0 unspecified atom stereocenters. The van der Waals surface area contributed by atoms with E-state index in [9.17, 15) is 9.59 Å². The summed E-state index contributed by atoms with van der Waals surface area (Å²) in [7, 11) is 0. The van der Waals surface area contributed by atoms with Crippen LogP contribution in [0.3, 0.4) is 0 Å². The number of carbonyl (C=O) groups is 1. The first-order valence-electron chi connectivity index (χ1n) is 7.06. The fourth-order valence-corrected chi connectivity index (χ4v) is 4.22. The van der Waals surface area contributed by atoms with Crippen LogP contribution in [0.2, 0.25) is 0 Å². The number of nitrogens with zero attached hydrogens (tertiary/aromatic N) is 5. The van der Waals surface area contributed by atoms with Crippen molar-refractivity contribution in [2.24, 2.45) is 0 Å². The summed E-state index contributed by atoms with van der Waals surface area (Å²) in [6, 6.07) is 7.48. The van der Waals surface area contributed by atoms with Crippen LogP contribution in [0.1, 0.15) is 0 Å². The minimum atomic E-state index is -0.462. The number of amides is 1. The van der Waals surface area contributed by atoms with Crippen LogP contribution >= 0.6 is 34.0 Å². The Morgan fingerprint density at radius 2 is 1.96 bits per heavy atom. The van der Waals surface area contributed by atoms with E-state index in [2.05, 4.69) is 20.7 Å². The van der Waals surface area contributed by atoms with Gasteiger partial charge in [-0.2, -0.15) is 9.36 Å². The van der Waals surface area contributed by atoms with E-state index in [1.807, 2.05) is 34.3 Å². The van der Waals surface area contributed by atoms with Crippen molar-refractivity contribution < 1.29 is 4.79 Å². The molecule has 8 nitrogen and oxygen atoms in total. The summed E-state index contributed by atoms with van der Waals surface area (Å²) in [5.41, 5.74) is 0.354. The van der Waals surface area contributed by atoms with Gasteiger partial charge in [-0.3, -0.25) is 4.79 Å². The predicted molar refractivity (Wildman–Crippen MR) is 97.6 cm³/mol. The Balaban J connectivity index is 1.45. The highest BCUT2D eigenvalue weighted by atomic mass is 32.1.